The second-order valence-electron chi connectivity index (χ2n) is 14.3. The van der Waals surface area contributed by atoms with E-state index in [9.17, 15) is 24.0 Å². The monoisotopic (exact) mass is 645 g/mol. The molecule has 1 aliphatic rings. The Morgan fingerprint density at radius 3 is 1.53 bits per heavy atom. The number of hydroxylamine groups is 2. The SMILES string of the molecule is CC(C)(CCOC(C)(C)C)NC(=O)OCC(COC(=O)NC(C)(C)CCOC(C)(C)C)OCCCC(=O)ON1C(=O)CCC1=O. The second kappa shape index (κ2) is 17.7. The average Bonchev–Trinajstić information content (AvgIpc) is 3.17. The molecule has 0 saturated carbocycles. The minimum absolute atomic E-state index is 0.00180. The van der Waals surface area contributed by atoms with Crippen molar-refractivity contribution in [3.8, 4) is 0 Å². The first-order valence-corrected chi connectivity index (χ1v) is 15.4. The van der Waals surface area contributed by atoms with Crippen molar-refractivity contribution in [1.82, 2.24) is 15.7 Å². The summed E-state index contributed by atoms with van der Waals surface area (Å²) in [6, 6.07) is 0. The van der Waals surface area contributed by atoms with Crippen LogP contribution in [0.5, 0.6) is 0 Å². The highest BCUT2D eigenvalue weighted by Gasteiger charge is 2.33. The van der Waals surface area contributed by atoms with Crippen LogP contribution < -0.4 is 10.6 Å². The van der Waals surface area contributed by atoms with Gasteiger partial charge in [-0.15, -0.1) is 5.06 Å². The molecule has 0 unspecified atom stereocenters. The number of carbonyl (C=O) groups excluding carboxylic acids is 5. The zero-order valence-corrected chi connectivity index (χ0v) is 28.8. The van der Waals surface area contributed by atoms with Gasteiger partial charge in [0.1, 0.15) is 19.3 Å². The first-order valence-electron chi connectivity index (χ1n) is 15.4. The van der Waals surface area contributed by atoms with Gasteiger partial charge in [0, 0.05) is 43.7 Å². The molecule has 1 rings (SSSR count). The van der Waals surface area contributed by atoms with E-state index in [-0.39, 0.29) is 56.7 Å². The second-order valence-corrected chi connectivity index (χ2v) is 14.3. The average molecular weight is 646 g/mol. The van der Waals surface area contributed by atoms with E-state index in [4.69, 9.17) is 28.5 Å². The molecule has 0 aromatic carbocycles. The number of hydrogen-bond acceptors (Lipinski definition) is 11. The molecule has 1 saturated heterocycles. The molecule has 1 heterocycles. The maximum atomic E-state index is 12.6. The topological polar surface area (TPSA) is 168 Å². The van der Waals surface area contributed by atoms with Crippen LogP contribution in [-0.4, -0.2) is 96.5 Å². The van der Waals surface area contributed by atoms with Crippen molar-refractivity contribution in [3.63, 3.8) is 0 Å². The quantitative estimate of drug-likeness (QED) is 0.162. The molecular formula is C31H55N3O11. The van der Waals surface area contributed by atoms with Crippen molar-refractivity contribution in [3.05, 3.63) is 0 Å². The van der Waals surface area contributed by atoms with Gasteiger partial charge in [0.25, 0.3) is 11.8 Å². The summed E-state index contributed by atoms with van der Waals surface area (Å²) in [5, 5.41) is 6.08. The van der Waals surface area contributed by atoms with E-state index in [1.165, 1.54) is 0 Å². The molecule has 0 aromatic rings. The summed E-state index contributed by atoms with van der Waals surface area (Å²) in [7, 11) is 0. The number of ether oxygens (including phenoxy) is 5. The number of carbonyl (C=O) groups is 5. The molecule has 0 spiro atoms. The molecule has 0 aliphatic carbocycles. The standard InChI is InChI=1S/C31H55N3O11/c1-28(2,3)43-18-15-30(7,8)32-26(38)41-20-22(21-42-27(39)33-31(9,10)16-19-44-29(4,5)6)40-17-11-12-25(37)45-34-23(35)13-14-24(34)36/h22H,11-21H2,1-10H3,(H,32,38)(H,33,39). The number of alkyl carbamates (subject to hydrolysis) is 2. The first kappa shape index (κ1) is 40.1. The Hall–Kier alpha value is -2.97. The van der Waals surface area contributed by atoms with Gasteiger partial charge >= 0.3 is 18.2 Å². The van der Waals surface area contributed by atoms with Crippen molar-refractivity contribution in [2.75, 3.05) is 33.0 Å². The number of amides is 4. The Bertz CT molecular complexity index is 934. The third kappa shape index (κ3) is 19.2. The molecule has 0 radical (unpaired) electrons. The fourth-order valence-corrected chi connectivity index (χ4v) is 3.73. The Balaban J connectivity index is 2.65. The van der Waals surface area contributed by atoms with Crippen LogP contribution in [-0.2, 0) is 42.9 Å². The molecular weight excluding hydrogens is 590 g/mol. The fourth-order valence-electron chi connectivity index (χ4n) is 3.73. The van der Waals surface area contributed by atoms with E-state index in [1.807, 2.05) is 69.2 Å². The van der Waals surface area contributed by atoms with E-state index in [0.717, 1.165) is 0 Å². The number of rotatable bonds is 18. The van der Waals surface area contributed by atoms with Gasteiger partial charge in [-0.05, 0) is 88.5 Å². The normalized spacial score (nSPS) is 14.5. The van der Waals surface area contributed by atoms with Gasteiger partial charge in [-0.2, -0.15) is 0 Å². The van der Waals surface area contributed by atoms with Crippen molar-refractivity contribution in [1.29, 1.82) is 0 Å². The lowest BCUT2D eigenvalue weighted by molar-refractivity contribution is -0.197. The number of nitrogens with one attached hydrogen (secondary N) is 2. The smallest absolute Gasteiger partial charge is 0.407 e. The van der Waals surface area contributed by atoms with Gasteiger partial charge in [-0.3, -0.25) is 9.59 Å². The summed E-state index contributed by atoms with van der Waals surface area (Å²) in [5.41, 5.74) is -1.84. The molecule has 1 fully saturated rings. The summed E-state index contributed by atoms with van der Waals surface area (Å²) in [6.07, 6.45) is -1.08. The molecule has 0 bridgehead atoms. The number of imide groups is 1. The largest absolute Gasteiger partial charge is 0.447 e. The van der Waals surface area contributed by atoms with E-state index < -0.39 is 47.2 Å². The van der Waals surface area contributed by atoms with Gasteiger partial charge in [-0.1, -0.05) is 0 Å². The van der Waals surface area contributed by atoms with Crippen molar-refractivity contribution < 1.29 is 52.5 Å². The Labute approximate surface area is 267 Å². The number of hydrogen-bond donors (Lipinski definition) is 2. The van der Waals surface area contributed by atoms with E-state index in [1.54, 1.807) is 0 Å². The molecule has 0 atom stereocenters. The lowest BCUT2D eigenvalue weighted by Gasteiger charge is -2.29. The maximum Gasteiger partial charge on any atom is 0.407 e. The molecule has 14 nitrogen and oxygen atoms in total. The van der Waals surface area contributed by atoms with Crippen molar-refractivity contribution in [2.45, 2.75) is 136 Å². The fraction of sp³-hybridized carbons (Fsp3) is 0.839. The first-order chi connectivity index (χ1) is 20.6. The zero-order chi connectivity index (χ0) is 34.5. The predicted octanol–water partition coefficient (Wildman–Crippen LogP) is 4.18. The Kier molecular flexibility index (Phi) is 15.7. The van der Waals surface area contributed by atoms with Crippen LogP contribution in [0.2, 0.25) is 0 Å². The highest BCUT2D eigenvalue weighted by Crippen LogP contribution is 2.16. The van der Waals surface area contributed by atoms with E-state index in [0.29, 0.717) is 31.1 Å². The summed E-state index contributed by atoms with van der Waals surface area (Å²) in [6.45, 7) is 19.5. The maximum absolute atomic E-state index is 12.6. The zero-order valence-electron chi connectivity index (χ0n) is 28.8. The minimum Gasteiger partial charge on any atom is -0.447 e. The van der Waals surface area contributed by atoms with Crippen LogP contribution in [0.1, 0.15) is 108 Å². The van der Waals surface area contributed by atoms with Crippen LogP contribution in [0.25, 0.3) is 0 Å². The number of nitrogens with zero attached hydrogens (tertiary/aromatic N) is 1. The molecule has 0 aromatic heterocycles. The summed E-state index contributed by atoms with van der Waals surface area (Å²) < 4.78 is 28.0. The van der Waals surface area contributed by atoms with Gasteiger partial charge in [0.15, 0.2) is 0 Å². The van der Waals surface area contributed by atoms with Crippen LogP contribution in [0.3, 0.4) is 0 Å². The molecule has 260 valence electrons. The third-order valence-electron chi connectivity index (χ3n) is 6.28. The summed E-state index contributed by atoms with van der Waals surface area (Å²) in [5.74, 6) is -1.89. The molecule has 2 N–H and O–H groups in total. The highest BCUT2D eigenvalue weighted by molar-refractivity contribution is 6.01. The lowest BCUT2D eigenvalue weighted by atomic mass is 10.0. The van der Waals surface area contributed by atoms with E-state index >= 15 is 0 Å². The van der Waals surface area contributed by atoms with Gasteiger partial charge in [0.2, 0.25) is 0 Å². The van der Waals surface area contributed by atoms with Crippen LogP contribution in [0.15, 0.2) is 0 Å². The predicted molar refractivity (Wildman–Crippen MR) is 164 cm³/mol. The van der Waals surface area contributed by atoms with Gasteiger partial charge in [0.05, 0.1) is 17.6 Å². The molecule has 45 heavy (non-hydrogen) atoms. The van der Waals surface area contributed by atoms with Gasteiger partial charge in [-0.25, -0.2) is 14.4 Å². The highest BCUT2D eigenvalue weighted by atomic mass is 16.7. The Morgan fingerprint density at radius 2 is 1.13 bits per heavy atom. The summed E-state index contributed by atoms with van der Waals surface area (Å²) in [4.78, 5) is 65.4. The van der Waals surface area contributed by atoms with Crippen LogP contribution in [0.4, 0.5) is 9.59 Å². The third-order valence-corrected chi connectivity index (χ3v) is 6.28. The molecule has 4 amide bonds. The van der Waals surface area contributed by atoms with Crippen LogP contribution >= 0.6 is 0 Å². The van der Waals surface area contributed by atoms with Crippen molar-refractivity contribution >= 4 is 30.0 Å². The lowest BCUT2D eigenvalue weighted by Crippen LogP contribution is -2.46. The molecule has 1 aliphatic heterocycles. The molecule has 14 heteroatoms. The van der Waals surface area contributed by atoms with Gasteiger partial charge < -0.3 is 39.2 Å². The van der Waals surface area contributed by atoms with Crippen LogP contribution in [0, 0.1) is 0 Å². The Morgan fingerprint density at radius 1 is 0.711 bits per heavy atom. The van der Waals surface area contributed by atoms with Crippen molar-refractivity contribution in [2.24, 2.45) is 0 Å². The minimum atomic E-state index is -0.848. The van der Waals surface area contributed by atoms with E-state index in [2.05, 4.69) is 10.6 Å². The summed E-state index contributed by atoms with van der Waals surface area (Å²) >= 11 is 0.